The minimum atomic E-state index is -1.19. The monoisotopic (exact) mass is 385 g/mol. The van der Waals surface area contributed by atoms with Crippen molar-refractivity contribution in [1.82, 2.24) is 0 Å². The molecule has 10 nitrogen and oxygen atoms in total. The SMILES string of the molecule is CC(OC(=O)C=Cc1ccccc1[N+](=O)[O-])C(=O)Nc1cccc([N+](=O)[O-])c1. The van der Waals surface area contributed by atoms with Crippen LogP contribution in [-0.2, 0) is 14.3 Å². The van der Waals surface area contributed by atoms with E-state index < -0.39 is 27.8 Å². The van der Waals surface area contributed by atoms with Crippen molar-refractivity contribution >= 4 is 35.0 Å². The number of nitrogens with one attached hydrogen (secondary N) is 1. The maximum absolute atomic E-state index is 12.1. The summed E-state index contributed by atoms with van der Waals surface area (Å²) < 4.78 is 4.94. The number of hydrogen-bond acceptors (Lipinski definition) is 7. The summed E-state index contributed by atoms with van der Waals surface area (Å²) in [5.41, 5.74) is 0.00792. The zero-order valence-corrected chi connectivity index (χ0v) is 14.6. The van der Waals surface area contributed by atoms with E-state index in [1.807, 2.05) is 0 Å². The second-order valence-electron chi connectivity index (χ2n) is 5.53. The number of non-ortho nitro benzene ring substituents is 1. The van der Waals surface area contributed by atoms with E-state index in [4.69, 9.17) is 4.74 Å². The van der Waals surface area contributed by atoms with Crippen LogP contribution in [0.1, 0.15) is 12.5 Å². The van der Waals surface area contributed by atoms with Gasteiger partial charge >= 0.3 is 5.97 Å². The maximum atomic E-state index is 12.1. The predicted octanol–water partition coefficient (Wildman–Crippen LogP) is 3.09. The highest BCUT2D eigenvalue weighted by atomic mass is 16.6. The van der Waals surface area contributed by atoms with Gasteiger partial charge in [0.15, 0.2) is 6.10 Å². The first-order chi connectivity index (χ1) is 13.3. The smallest absolute Gasteiger partial charge is 0.331 e. The van der Waals surface area contributed by atoms with Crippen LogP contribution in [0.5, 0.6) is 0 Å². The molecule has 1 N–H and O–H groups in total. The van der Waals surface area contributed by atoms with E-state index in [2.05, 4.69) is 5.32 Å². The summed E-state index contributed by atoms with van der Waals surface area (Å²) in [6.07, 6.45) is 0.993. The van der Waals surface area contributed by atoms with Crippen LogP contribution >= 0.6 is 0 Å². The molecule has 144 valence electrons. The Balaban J connectivity index is 1.98. The summed E-state index contributed by atoms with van der Waals surface area (Å²) in [5.74, 6) is -1.56. The summed E-state index contributed by atoms with van der Waals surface area (Å²) in [6, 6.07) is 11.1. The number of ether oxygens (including phenoxy) is 1. The highest BCUT2D eigenvalue weighted by Gasteiger charge is 2.18. The van der Waals surface area contributed by atoms with Crippen LogP contribution in [0.25, 0.3) is 6.08 Å². The molecule has 0 radical (unpaired) electrons. The molecule has 28 heavy (non-hydrogen) atoms. The van der Waals surface area contributed by atoms with Gasteiger partial charge in [-0.3, -0.25) is 25.0 Å². The van der Waals surface area contributed by atoms with E-state index >= 15 is 0 Å². The number of esters is 1. The predicted molar refractivity (Wildman–Crippen MR) is 99.4 cm³/mol. The lowest BCUT2D eigenvalue weighted by atomic mass is 10.1. The molecular formula is C18H15N3O7. The Bertz CT molecular complexity index is 956. The molecule has 1 atom stereocenters. The lowest BCUT2D eigenvalue weighted by molar-refractivity contribution is -0.385. The number of nitrogens with zero attached hydrogens (tertiary/aromatic N) is 2. The Morgan fingerprint density at radius 1 is 1.07 bits per heavy atom. The number of nitro benzene ring substituents is 2. The van der Waals surface area contributed by atoms with Crippen LogP contribution in [0.3, 0.4) is 0 Å². The van der Waals surface area contributed by atoms with Gasteiger partial charge in [0.2, 0.25) is 0 Å². The molecule has 2 aromatic rings. The number of hydrogen-bond donors (Lipinski definition) is 1. The Morgan fingerprint density at radius 3 is 2.46 bits per heavy atom. The molecule has 0 aliphatic carbocycles. The van der Waals surface area contributed by atoms with Gasteiger partial charge in [-0.1, -0.05) is 18.2 Å². The summed E-state index contributed by atoms with van der Waals surface area (Å²) in [5, 5.41) is 24.1. The first-order valence-corrected chi connectivity index (χ1v) is 7.95. The van der Waals surface area contributed by atoms with Crippen molar-refractivity contribution in [2.24, 2.45) is 0 Å². The van der Waals surface area contributed by atoms with Crippen molar-refractivity contribution in [1.29, 1.82) is 0 Å². The molecule has 0 aliphatic heterocycles. The van der Waals surface area contributed by atoms with E-state index in [0.717, 1.165) is 6.08 Å². The minimum Gasteiger partial charge on any atom is -0.449 e. The molecule has 1 unspecified atom stereocenters. The van der Waals surface area contributed by atoms with Gasteiger partial charge in [0.1, 0.15) is 0 Å². The fraction of sp³-hybridized carbons (Fsp3) is 0.111. The number of carbonyl (C=O) groups is 2. The molecule has 0 saturated carbocycles. The van der Waals surface area contributed by atoms with E-state index in [1.54, 1.807) is 6.07 Å². The van der Waals surface area contributed by atoms with Gasteiger partial charge in [0.05, 0.1) is 15.4 Å². The Kier molecular flexibility index (Phi) is 6.53. The number of para-hydroxylation sites is 1. The Morgan fingerprint density at radius 2 is 1.79 bits per heavy atom. The number of anilines is 1. The number of carbonyl (C=O) groups excluding carboxylic acids is 2. The van der Waals surface area contributed by atoms with Crippen LogP contribution in [0.4, 0.5) is 17.1 Å². The zero-order chi connectivity index (χ0) is 20.7. The van der Waals surface area contributed by atoms with Gasteiger partial charge in [0.25, 0.3) is 17.3 Å². The molecular weight excluding hydrogens is 370 g/mol. The molecule has 1 amide bonds. The fourth-order valence-electron chi connectivity index (χ4n) is 2.16. The summed E-state index contributed by atoms with van der Waals surface area (Å²) in [4.78, 5) is 44.4. The Hall–Kier alpha value is -4.08. The van der Waals surface area contributed by atoms with E-state index in [1.165, 1.54) is 55.5 Å². The fourth-order valence-corrected chi connectivity index (χ4v) is 2.16. The molecule has 0 aliphatic rings. The van der Waals surface area contributed by atoms with Crippen LogP contribution in [0.2, 0.25) is 0 Å². The van der Waals surface area contributed by atoms with Crippen LogP contribution in [0, 0.1) is 20.2 Å². The first-order valence-electron chi connectivity index (χ1n) is 7.95. The van der Waals surface area contributed by atoms with Gasteiger partial charge in [-0.2, -0.15) is 0 Å². The lowest BCUT2D eigenvalue weighted by Crippen LogP contribution is -2.29. The number of benzene rings is 2. The topological polar surface area (TPSA) is 142 Å². The van der Waals surface area contributed by atoms with Gasteiger partial charge < -0.3 is 10.1 Å². The molecule has 0 bridgehead atoms. The van der Waals surface area contributed by atoms with Gasteiger partial charge in [-0.15, -0.1) is 0 Å². The highest BCUT2D eigenvalue weighted by Crippen LogP contribution is 2.19. The molecule has 2 rings (SSSR count). The van der Waals surface area contributed by atoms with Crippen LogP contribution in [-0.4, -0.2) is 27.8 Å². The molecule has 0 saturated heterocycles. The molecule has 0 fully saturated rings. The quantitative estimate of drug-likeness (QED) is 0.334. The maximum Gasteiger partial charge on any atom is 0.331 e. The molecule has 0 spiro atoms. The van der Waals surface area contributed by atoms with Crippen molar-refractivity contribution in [3.8, 4) is 0 Å². The lowest BCUT2D eigenvalue weighted by Gasteiger charge is -2.12. The normalized spacial score (nSPS) is 11.6. The van der Waals surface area contributed by atoms with Gasteiger partial charge in [0, 0.05) is 30.0 Å². The standard InChI is InChI=1S/C18H15N3O7/c1-12(18(23)19-14-6-4-7-15(11-14)20(24)25)28-17(22)10-9-13-5-2-3-8-16(13)21(26)27/h2-12H,1H3,(H,19,23). The second-order valence-corrected chi connectivity index (χ2v) is 5.53. The van der Waals surface area contributed by atoms with Crippen LogP contribution in [0.15, 0.2) is 54.6 Å². The van der Waals surface area contributed by atoms with E-state index in [9.17, 15) is 29.8 Å². The summed E-state index contributed by atoms with van der Waals surface area (Å²) in [7, 11) is 0. The summed E-state index contributed by atoms with van der Waals surface area (Å²) >= 11 is 0. The third kappa shape index (κ3) is 5.46. The van der Waals surface area contributed by atoms with Crippen molar-refractivity contribution in [3.05, 3.63) is 80.4 Å². The van der Waals surface area contributed by atoms with Gasteiger partial charge in [-0.25, -0.2) is 4.79 Å². The zero-order valence-electron chi connectivity index (χ0n) is 14.6. The number of amides is 1. The Labute approximate surface area is 158 Å². The van der Waals surface area contributed by atoms with Crippen LogP contribution < -0.4 is 5.32 Å². The first kappa shape index (κ1) is 20.2. The largest absolute Gasteiger partial charge is 0.449 e. The van der Waals surface area contributed by atoms with Crippen molar-refractivity contribution < 1.29 is 24.2 Å². The van der Waals surface area contributed by atoms with Crippen molar-refractivity contribution in [3.63, 3.8) is 0 Å². The average Bonchev–Trinajstić information content (AvgIpc) is 2.66. The number of nitro groups is 2. The minimum absolute atomic E-state index is 0.178. The van der Waals surface area contributed by atoms with E-state index in [-0.39, 0.29) is 22.6 Å². The molecule has 10 heteroatoms. The van der Waals surface area contributed by atoms with E-state index in [0.29, 0.717) is 0 Å². The van der Waals surface area contributed by atoms with Crippen molar-refractivity contribution in [2.75, 3.05) is 5.32 Å². The van der Waals surface area contributed by atoms with Gasteiger partial charge in [-0.05, 0) is 25.1 Å². The average molecular weight is 385 g/mol. The number of rotatable bonds is 7. The summed E-state index contributed by atoms with van der Waals surface area (Å²) in [6.45, 7) is 1.32. The second kappa shape index (κ2) is 9.03. The van der Waals surface area contributed by atoms with Crippen molar-refractivity contribution in [2.45, 2.75) is 13.0 Å². The molecule has 2 aromatic carbocycles. The molecule has 0 aromatic heterocycles. The molecule has 0 heterocycles. The highest BCUT2D eigenvalue weighted by molar-refractivity contribution is 5.97. The third-order valence-electron chi connectivity index (χ3n) is 3.52. The third-order valence-corrected chi connectivity index (χ3v) is 3.52.